The Morgan fingerprint density at radius 2 is 2.06 bits per heavy atom. The molecule has 2 heterocycles. The molecule has 1 aliphatic carbocycles. The summed E-state index contributed by atoms with van der Waals surface area (Å²) in [5.41, 5.74) is 7.68. The molecular weight excluding hydrogens is 426 g/mol. The fourth-order valence-corrected chi connectivity index (χ4v) is 4.73. The van der Waals surface area contributed by atoms with Gasteiger partial charge in [-0.15, -0.1) is 0 Å². The summed E-state index contributed by atoms with van der Waals surface area (Å²) in [6, 6.07) is 6.04. The fourth-order valence-electron chi connectivity index (χ4n) is 4.73. The van der Waals surface area contributed by atoms with Crippen LogP contribution in [0.25, 0.3) is 0 Å². The van der Waals surface area contributed by atoms with Gasteiger partial charge in [-0.3, -0.25) is 9.78 Å². The van der Waals surface area contributed by atoms with E-state index in [4.69, 9.17) is 10.5 Å². The van der Waals surface area contributed by atoms with E-state index >= 15 is 0 Å². The molecule has 1 aromatic heterocycles. The molecule has 174 valence electrons. The number of nitrogens with two attached hydrogens (primary N) is 1. The van der Waals surface area contributed by atoms with Crippen molar-refractivity contribution in [3.63, 3.8) is 0 Å². The van der Waals surface area contributed by atoms with Gasteiger partial charge >= 0.3 is 0 Å². The van der Waals surface area contributed by atoms with Gasteiger partial charge in [0.1, 0.15) is 23.4 Å². The number of halogens is 2. The number of hydrogen-bond donors (Lipinski definition) is 2. The van der Waals surface area contributed by atoms with Gasteiger partial charge in [0, 0.05) is 24.2 Å². The number of nitrogens with zero attached hydrogens (tertiary/aromatic N) is 2. The van der Waals surface area contributed by atoms with Crippen LogP contribution in [-0.4, -0.2) is 35.9 Å². The Hall–Kier alpha value is -3.13. The fraction of sp³-hybridized carbons (Fsp3) is 0.400. The molecule has 0 radical (unpaired) electrons. The van der Waals surface area contributed by atoms with Gasteiger partial charge in [-0.1, -0.05) is 6.92 Å². The molecule has 1 amide bonds. The Balaban J connectivity index is 1.59. The molecular formula is C25H28F2N4O2. The number of carbonyl (C=O) groups is 1. The summed E-state index contributed by atoms with van der Waals surface area (Å²) in [4.78, 5) is 21.4. The number of pyridine rings is 1. The van der Waals surface area contributed by atoms with E-state index in [1.165, 1.54) is 31.4 Å². The van der Waals surface area contributed by atoms with Gasteiger partial charge in [-0.25, -0.2) is 13.8 Å². The lowest BCUT2D eigenvalue weighted by molar-refractivity contribution is -0.112. The predicted molar refractivity (Wildman–Crippen MR) is 124 cm³/mol. The monoisotopic (exact) mass is 454 g/mol. The Morgan fingerprint density at radius 1 is 1.24 bits per heavy atom. The minimum Gasteiger partial charge on any atom is -0.497 e. The average molecular weight is 455 g/mol. The van der Waals surface area contributed by atoms with Crippen molar-refractivity contribution in [3.8, 4) is 5.75 Å². The van der Waals surface area contributed by atoms with Gasteiger partial charge in [0.2, 0.25) is 0 Å². The molecule has 1 saturated carbocycles. The molecule has 8 heteroatoms. The topological polar surface area (TPSA) is 89.6 Å². The number of ether oxygens (including phenoxy) is 1. The first-order valence-electron chi connectivity index (χ1n) is 11.1. The first kappa shape index (κ1) is 23.0. The number of alkyl halides is 1. The molecule has 1 aromatic carbocycles. The Morgan fingerprint density at radius 3 is 2.82 bits per heavy atom. The van der Waals surface area contributed by atoms with Crippen LogP contribution < -0.4 is 15.8 Å². The van der Waals surface area contributed by atoms with Crippen molar-refractivity contribution in [3.05, 3.63) is 65.4 Å². The van der Waals surface area contributed by atoms with Crippen molar-refractivity contribution in [1.82, 2.24) is 4.98 Å². The van der Waals surface area contributed by atoms with Gasteiger partial charge < -0.3 is 15.8 Å². The number of carbonyl (C=O) groups excluding carboxylic acids is 1. The molecule has 1 unspecified atom stereocenters. The highest BCUT2D eigenvalue weighted by atomic mass is 19.1. The maximum Gasteiger partial charge on any atom is 0.273 e. The third-order valence-corrected chi connectivity index (χ3v) is 6.26. The molecule has 33 heavy (non-hydrogen) atoms. The van der Waals surface area contributed by atoms with Crippen LogP contribution in [0.1, 0.15) is 49.7 Å². The minimum absolute atomic E-state index is 0.0208. The standard InChI is InChI=1S/C25H28F2N4O2/c1-14-9-15(11-16(28)10-14)18-7-8-29-13-23(18)31-25(32)22-6-5-21(27)24(30-22)19-12-17(33-2)3-4-20(19)26/h3-4,6-8,12-16,21H,5,9-11,28H2,1-2H3,(H,31,32)/t14-,15+,16-,21?/m0/s1. The van der Waals surface area contributed by atoms with E-state index in [1.807, 2.05) is 6.07 Å². The zero-order valence-electron chi connectivity index (χ0n) is 18.7. The first-order valence-corrected chi connectivity index (χ1v) is 11.1. The number of aromatic nitrogens is 1. The third-order valence-electron chi connectivity index (χ3n) is 6.26. The maximum atomic E-state index is 14.7. The summed E-state index contributed by atoms with van der Waals surface area (Å²) in [5.74, 6) is -0.0477. The smallest absolute Gasteiger partial charge is 0.273 e. The van der Waals surface area contributed by atoms with Crippen LogP contribution in [0.2, 0.25) is 0 Å². The summed E-state index contributed by atoms with van der Waals surface area (Å²) in [7, 11) is 1.44. The first-order chi connectivity index (χ1) is 15.9. The molecule has 0 bridgehead atoms. The lowest BCUT2D eigenvalue weighted by Crippen LogP contribution is -2.31. The Bertz CT molecular complexity index is 1090. The highest BCUT2D eigenvalue weighted by molar-refractivity contribution is 6.11. The van der Waals surface area contributed by atoms with E-state index in [1.54, 1.807) is 12.4 Å². The molecule has 4 atom stereocenters. The van der Waals surface area contributed by atoms with E-state index in [2.05, 4.69) is 22.2 Å². The molecule has 1 aliphatic heterocycles. The number of benzene rings is 1. The van der Waals surface area contributed by atoms with Crippen molar-refractivity contribution in [1.29, 1.82) is 0 Å². The second kappa shape index (κ2) is 9.79. The van der Waals surface area contributed by atoms with E-state index < -0.39 is 17.9 Å². The normalized spacial score (nSPS) is 25.1. The number of methoxy groups -OCH3 is 1. The van der Waals surface area contributed by atoms with Crippen molar-refractivity contribution < 1.29 is 18.3 Å². The summed E-state index contributed by atoms with van der Waals surface area (Å²) in [6.45, 7) is 2.18. The van der Waals surface area contributed by atoms with Crippen LogP contribution in [0.15, 0.2) is 53.4 Å². The van der Waals surface area contributed by atoms with Crippen molar-refractivity contribution in [2.75, 3.05) is 12.4 Å². The van der Waals surface area contributed by atoms with Crippen LogP contribution in [-0.2, 0) is 4.79 Å². The van der Waals surface area contributed by atoms with Gasteiger partial charge in [0.25, 0.3) is 5.91 Å². The van der Waals surface area contributed by atoms with E-state index in [9.17, 15) is 13.6 Å². The van der Waals surface area contributed by atoms with Crippen LogP contribution >= 0.6 is 0 Å². The zero-order valence-corrected chi connectivity index (χ0v) is 18.7. The molecule has 0 saturated heterocycles. The quantitative estimate of drug-likeness (QED) is 0.696. The van der Waals surface area contributed by atoms with E-state index in [0.717, 1.165) is 24.8 Å². The van der Waals surface area contributed by atoms with Crippen LogP contribution in [0.3, 0.4) is 0 Å². The highest BCUT2D eigenvalue weighted by Gasteiger charge is 2.29. The number of amides is 1. The Kier molecular flexibility index (Phi) is 6.83. The summed E-state index contributed by atoms with van der Waals surface area (Å²) >= 11 is 0. The SMILES string of the molecule is COc1ccc(F)c(C2=NC(C(=O)Nc3cnccc3[C@@H]3C[C@H](C)C[C@H](N)C3)=CCC2F)c1. The number of allylic oxidation sites excluding steroid dienone is 1. The second-order valence-corrected chi connectivity index (χ2v) is 8.82. The molecule has 6 nitrogen and oxygen atoms in total. The van der Waals surface area contributed by atoms with Gasteiger partial charge in [0.15, 0.2) is 0 Å². The Labute approximate surface area is 192 Å². The minimum atomic E-state index is -1.53. The number of nitrogens with one attached hydrogen (secondary N) is 1. The highest BCUT2D eigenvalue weighted by Crippen LogP contribution is 2.38. The number of anilines is 1. The van der Waals surface area contributed by atoms with Gasteiger partial charge in [-0.2, -0.15) is 0 Å². The summed E-state index contributed by atoms with van der Waals surface area (Å²) in [5, 5.41) is 2.87. The molecule has 2 aromatic rings. The largest absolute Gasteiger partial charge is 0.497 e. The molecule has 4 rings (SSSR count). The van der Waals surface area contributed by atoms with Crippen molar-refractivity contribution in [2.45, 2.75) is 50.7 Å². The summed E-state index contributed by atoms with van der Waals surface area (Å²) < 4.78 is 34.2. The van der Waals surface area contributed by atoms with Gasteiger partial charge in [0.05, 0.1) is 24.7 Å². The number of hydrogen-bond acceptors (Lipinski definition) is 5. The van der Waals surface area contributed by atoms with E-state index in [-0.39, 0.29) is 35.4 Å². The van der Waals surface area contributed by atoms with Crippen LogP contribution in [0.5, 0.6) is 5.75 Å². The predicted octanol–water partition coefficient (Wildman–Crippen LogP) is 4.51. The molecule has 0 spiro atoms. The lowest BCUT2D eigenvalue weighted by Gasteiger charge is -2.32. The van der Waals surface area contributed by atoms with Crippen molar-refractivity contribution >= 4 is 17.3 Å². The van der Waals surface area contributed by atoms with Crippen molar-refractivity contribution in [2.24, 2.45) is 16.6 Å². The number of rotatable bonds is 5. The molecule has 1 fully saturated rings. The lowest BCUT2D eigenvalue weighted by atomic mass is 9.76. The molecule has 2 aliphatic rings. The zero-order chi connectivity index (χ0) is 23.5. The maximum absolute atomic E-state index is 14.7. The third kappa shape index (κ3) is 5.11. The second-order valence-electron chi connectivity index (χ2n) is 8.82. The molecule has 3 N–H and O–H groups in total. The van der Waals surface area contributed by atoms with Crippen LogP contribution in [0.4, 0.5) is 14.5 Å². The van der Waals surface area contributed by atoms with Crippen LogP contribution in [0, 0.1) is 11.7 Å². The average Bonchev–Trinajstić information content (AvgIpc) is 2.79. The summed E-state index contributed by atoms with van der Waals surface area (Å²) in [6.07, 6.45) is 5.92. The van der Waals surface area contributed by atoms with E-state index in [0.29, 0.717) is 17.4 Å². The van der Waals surface area contributed by atoms with Gasteiger partial charge in [-0.05, 0) is 67.0 Å². The number of aliphatic imine (C=N–C) groups is 1.